The predicted molar refractivity (Wildman–Crippen MR) is 210 cm³/mol. The minimum Gasteiger partial charge on any atom is -0.497 e. The Balaban J connectivity index is 1.25. The van der Waals surface area contributed by atoms with Crippen LogP contribution in [0.2, 0.25) is 0 Å². The molecule has 0 aromatic heterocycles. The Morgan fingerprint density at radius 1 is 0.774 bits per heavy atom. The highest BCUT2D eigenvalue weighted by Crippen LogP contribution is 2.46. The topological polar surface area (TPSA) is 80.3 Å². The molecule has 0 aliphatic carbocycles. The molecule has 272 valence electrons. The molecule has 5 aromatic carbocycles. The number of anilines is 1. The van der Waals surface area contributed by atoms with E-state index in [2.05, 4.69) is 123 Å². The fraction of sp³-hybridized carbons (Fsp3) is 0.273. The second-order valence-electron chi connectivity index (χ2n) is 13.6. The number of benzene rings is 5. The van der Waals surface area contributed by atoms with Crippen LogP contribution in [0.3, 0.4) is 0 Å². The van der Waals surface area contributed by atoms with Gasteiger partial charge in [0.1, 0.15) is 17.5 Å². The first-order valence-corrected chi connectivity index (χ1v) is 18.8. The number of carbonyl (C=O) groups excluding carboxylic acids is 2. The van der Waals surface area contributed by atoms with E-state index in [0.717, 1.165) is 21.2 Å². The van der Waals surface area contributed by atoms with Gasteiger partial charge in [-0.25, -0.2) is 4.79 Å². The van der Waals surface area contributed by atoms with Crippen LogP contribution >= 0.6 is 15.9 Å². The third-order valence-electron chi connectivity index (χ3n) is 10.4. The van der Waals surface area contributed by atoms with E-state index in [1.165, 1.54) is 12.5 Å². The number of hydrogen-bond donors (Lipinski definition) is 1. The summed E-state index contributed by atoms with van der Waals surface area (Å²) in [4.78, 5) is 30.5. The summed E-state index contributed by atoms with van der Waals surface area (Å²) in [7, 11) is 1.61. The number of esters is 1. The van der Waals surface area contributed by atoms with Crippen LogP contribution < -0.4 is 10.1 Å². The van der Waals surface area contributed by atoms with Crippen molar-refractivity contribution in [2.24, 2.45) is 0 Å². The molecule has 53 heavy (non-hydrogen) atoms. The maximum atomic E-state index is 14.0. The van der Waals surface area contributed by atoms with Crippen molar-refractivity contribution in [1.29, 1.82) is 0 Å². The summed E-state index contributed by atoms with van der Waals surface area (Å²) in [6, 6.07) is 46.7. The highest BCUT2D eigenvalue weighted by Gasteiger charge is 2.52. The van der Waals surface area contributed by atoms with Crippen molar-refractivity contribution in [2.45, 2.75) is 43.1 Å². The fourth-order valence-electron chi connectivity index (χ4n) is 7.98. The number of halogens is 1. The van der Waals surface area contributed by atoms with E-state index in [1.54, 1.807) is 12.0 Å². The summed E-state index contributed by atoms with van der Waals surface area (Å²) in [5.74, 6) is 0.401. The summed E-state index contributed by atoms with van der Waals surface area (Å²) < 4.78 is 19.5. The van der Waals surface area contributed by atoms with Crippen LogP contribution in [0, 0.1) is 0 Å². The maximum Gasteiger partial charge on any atom is 0.322 e. The Labute approximate surface area is 319 Å². The first kappa shape index (κ1) is 36.4. The van der Waals surface area contributed by atoms with Crippen molar-refractivity contribution >= 4 is 33.6 Å². The molecule has 8 nitrogen and oxygen atoms in total. The van der Waals surface area contributed by atoms with Gasteiger partial charge >= 0.3 is 12.0 Å². The van der Waals surface area contributed by atoms with Crippen molar-refractivity contribution < 1.29 is 23.8 Å². The standard InChI is InChI=1S/C44H44BrN3O5/c1-31(49)53-39-26-27-48-40(29-47(28-39)43(50)46-37-22-24-38(51-2)25-23-37)42(32-18-20-36(45)21-19-32)41(48)30-52-44(33-12-6-3-7-13-33,34-14-8-4-9-15-34)35-16-10-5-11-17-35/h3-25,39-42H,26-30H2,1-2H3,(H,46,50)/t39?,40-,41+,42+/m0/s1. The van der Waals surface area contributed by atoms with Gasteiger partial charge < -0.3 is 24.4 Å². The minimum absolute atomic E-state index is 0.00393. The van der Waals surface area contributed by atoms with E-state index in [9.17, 15) is 9.59 Å². The molecule has 2 saturated heterocycles. The largest absolute Gasteiger partial charge is 0.497 e. The second-order valence-corrected chi connectivity index (χ2v) is 14.5. The molecule has 7 rings (SSSR count). The summed E-state index contributed by atoms with van der Waals surface area (Å²) in [6.07, 6.45) is 0.119. The van der Waals surface area contributed by atoms with Crippen molar-refractivity contribution in [2.75, 3.05) is 38.7 Å². The van der Waals surface area contributed by atoms with Gasteiger partial charge in [-0.05, 0) is 65.1 Å². The van der Waals surface area contributed by atoms with Crippen molar-refractivity contribution in [3.8, 4) is 5.75 Å². The lowest BCUT2D eigenvalue weighted by atomic mass is 9.73. The molecule has 2 aliphatic rings. The number of hydrogen-bond acceptors (Lipinski definition) is 6. The lowest BCUT2D eigenvalue weighted by molar-refractivity contribution is -0.151. The Morgan fingerprint density at radius 2 is 1.34 bits per heavy atom. The molecule has 1 N–H and O–H groups in total. The van der Waals surface area contributed by atoms with Crippen LogP contribution in [0.1, 0.15) is 41.5 Å². The number of nitrogens with zero attached hydrogens (tertiary/aromatic N) is 2. The molecule has 9 heteroatoms. The van der Waals surface area contributed by atoms with Gasteiger partial charge in [-0.1, -0.05) is 119 Å². The minimum atomic E-state index is -0.883. The zero-order chi connectivity index (χ0) is 36.8. The van der Waals surface area contributed by atoms with E-state index in [4.69, 9.17) is 14.2 Å². The van der Waals surface area contributed by atoms with Crippen LogP contribution in [-0.2, 0) is 19.9 Å². The van der Waals surface area contributed by atoms with Gasteiger partial charge in [-0.15, -0.1) is 0 Å². The number of rotatable bonds is 10. The lowest BCUT2D eigenvalue weighted by Gasteiger charge is -2.58. The molecule has 0 saturated carbocycles. The third-order valence-corrected chi connectivity index (χ3v) is 11.0. The van der Waals surface area contributed by atoms with Gasteiger partial charge in [-0.3, -0.25) is 9.69 Å². The average molecular weight is 775 g/mol. The fourth-order valence-corrected chi connectivity index (χ4v) is 8.24. The second kappa shape index (κ2) is 16.4. The smallest absolute Gasteiger partial charge is 0.322 e. The number of ether oxygens (including phenoxy) is 3. The SMILES string of the molecule is COc1ccc(NC(=O)N2CC(OC(C)=O)CCN3[C@H](COC(c4ccccc4)(c4ccccc4)c4ccccc4)[C@H](c4ccc(Br)cc4)[C@@H]3C2)cc1. The molecule has 2 aliphatic heterocycles. The van der Waals surface area contributed by atoms with E-state index >= 15 is 0 Å². The number of urea groups is 1. The van der Waals surface area contributed by atoms with E-state index in [1.807, 2.05) is 42.5 Å². The summed E-state index contributed by atoms with van der Waals surface area (Å²) in [6.45, 7) is 3.25. The third kappa shape index (κ3) is 7.88. The Bertz CT molecular complexity index is 1870. The normalized spacial score (nSPS) is 20.2. The summed E-state index contributed by atoms with van der Waals surface area (Å²) in [5.41, 5.74) is 4.07. The molecule has 2 fully saturated rings. The van der Waals surface area contributed by atoms with Crippen LogP contribution in [-0.4, -0.2) is 73.3 Å². The molecule has 4 atom stereocenters. The van der Waals surface area contributed by atoms with Crippen LogP contribution in [0.15, 0.2) is 144 Å². The molecule has 1 unspecified atom stereocenters. The van der Waals surface area contributed by atoms with Gasteiger partial charge in [0.25, 0.3) is 0 Å². The van der Waals surface area contributed by atoms with Crippen LogP contribution in [0.5, 0.6) is 5.75 Å². The zero-order valence-electron chi connectivity index (χ0n) is 29.9. The summed E-state index contributed by atoms with van der Waals surface area (Å²) >= 11 is 3.63. The number of carbonyl (C=O) groups is 2. The zero-order valence-corrected chi connectivity index (χ0v) is 31.5. The maximum absolute atomic E-state index is 14.0. The number of methoxy groups -OCH3 is 1. The molecule has 0 spiro atoms. The van der Waals surface area contributed by atoms with Crippen LogP contribution in [0.25, 0.3) is 0 Å². The highest BCUT2D eigenvalue weighted by molar-refractivity contribution is 9.10. The molecular formula is C44H44BrN3O5. The molecule has 5 aromatic rings. The molecule has 2 heterocycles. The predicted octanol–water partition coefficient (Wildman–Crippen LogP) is 8.47. The molecule has 2 amide bonds. The number of fused-ring (bicyclic) bond motifs is 1. The van der Waals surface area contributed by atoms with E-state index < -0.39 is 11.7 Å². The monoisotopic (exact) mass is 773 g/mol. The lowest BCUT2D eigenvalue weighted by Crippen LogP contribution is -2.69. The first-order chi connectivity index (χ1) is 25.9. The average Bonchev–Trinajstić information content (AvgIpc) is 3.18. The van der Waals surface area contributed by atoms with Crippen molar-refractivity contribution in [3.05, 3.63) is 166 Å². The number of amides is 2. The Kier molecular flexibility index (Phi) is 11.2. The van der Waals surface area contributed by atoms with E-state index in [-0.39, 0.29) is 30.0 Å². The Hall–Kier alpha value is -4.96. The Morgan fingerprint density at radius 3 is 1.87 bits per heavy atom. The van der Waals surface area contributed by atoms with Gasteiger partial charge in [0.05, 0.1) is 20.3 Å². The summed E-state index contributed by atoms with van der Waals surface area (Å²) in [5, 5.41) is 3.06. The molecule has 0 radical (unpaired) electrons. The van der Waals surface area contributed by atoms with Gasteiger partial charge in [0.2, 0.25) is 0 Å². The number of nitrogens with one attached hydrogen (secondary N) is 1. The first-order valence-electron chi connectivity index (χ1n) is 18.0. The highest BCUT2D eigenvalue weighted by atomic mass is 79.9. The van der Waals surface area contributed by atoms with E-state index in [0.29, 0.717) is 44.1 Å². The van der Waals surface area contributed by atoms with Crippen LogP contribution in [0.4, 0.5) is 10.5 Å². The van der Waals surface area contributed by atoms with Crippen molar-refractivity contribution in [3.63, 3.8) is 0 Å². The van der Waals surface area contributed by atoms with Crippen molar-refractivity contribution in [1.82, 2.24) is 9.80 Å². The van der Waals surface area contributed by atoms with Gasteiger partial charge in [0, 0.05) is 48.2 Å². The van der Waals surface area contributed by atoms with Gasteiger partial charge in [0.15, 0.2) is 0 Å². The van der Waals surface area contributed by atoms with Gasteiger partial charge in [-0.2, -0.15) is 0 Å². The molecule has 0 bridgehead atoms. The molecular weight excluding hydrogens is 730 g/mol. The quantitative estimate of drug-likeness (QED) is 0.113.